The zero-order valence-electron chi connectivity index (χ0n) is 17.2. The predicted molar refractivity (Wildman–Crippen MR) is 117 cm³/mol. The van der Waals surface area contributed by atoms with E-state index in [1.54, 1.807) is 0 Å². The molecule has 0 aliphatic rings. The highest BCUT2D eigenvalue weighted by molar-refractivity contribution is 6.30. The molecule has 3 aromatic rings. The fraction of sp³-hybridized carbons (Fsp3) is 0.391. The molecule has 1 atom stereocenters. The van der Waals surface area contributed by atoms with Crippen LogP contribution in [-0.4, -0.2) is 15.3 Å². The van der Waals surface area contributed by atoms with Gasteiger partial charge in [-0.25, -0.2) is 4.98 Å². The van der Waals surface area contributed by atoms with Gasteiger partial charge in [0.15, 0.2) is 0 Å². The maximum Gasteiger partial charge on any atom is 0.225 e. The highest BCUT2D eigenvalue weighted by Gasteiger charge is 2.21. The van der Waals surface area contributed by atoms with Crippen molar-refractivity contribution >= 4 is 29.0 Å². The fourth-order valence-corrected chi connectivity index (χ4v) is 3.91. The number of nitrogens with one attached hydrogen (secondary N) is 1. The number of amides is 1. The van der Waals surface area contributed by atoms with Gasteiger partial charge in [0.1, 0.15) is 17.2 Å². The number of hydrogen-bond acceptors (Lipinski definition) is 2. The summed E-state index contributed by atoms with van der Waals surface area (Å²) in [6, 6.07) is 11.6. The predicted octanol–water partition coefficient (Wildman–Crippen LogP) is 6.36. The SMILES string of the molecule is Cc1ccn2c(NC(=O)C[C@H](C)CC(C)(C)C)c(-c3cccc(Cl)c3)nc2c1. The summed E-state index contributed by atoms with van der Waals surface area (Å²) >= 11 is 6.19. The second-order valence-electron chi connectivity index (χ2n) is 8.87. The molecule has 1 amide bonds. The van der Waals surface area contributed by atoms with Crippen LogP contribution in [0.1, 0.15) is 46.1 Å². The van der Waals surface area contributed by atoms with Crippen molar-refractivity contribution < 1.29 is 4.79 Å². The van der Waals surface area contributed by atoms with E-state index < -0.39 is 0 Å². The van der Waals surface area contributed by atoms with Crippen LogP contribution in [0.4, 0.5) is 5.82 Å². The molecule has 0 aliphatic carbocycles. The lowest BCUT2D eigenvalue weighted by molar-refractivity contribution is -0.117. The Balaban J connectivity index is 1.95. The van der Waals surface area contributed by atoms with Gasteiger partial charge in [-0.15, -0.1) is 0 Å². The summed E-state index contributed by atoms with van der Waals surface area (Å²) in [5.74, 6) is 0.990. The molecule has 0 unspecified atom stereocenters. The third kappa shape index (κ3) is 4.93. The number of rotatable bonds is 5. The van der Waals surface area contributed by atoms with Crippen LogP contribution in [0.15, 0.2) is 42.6 Å². The molecule has 0 saturated heterocycles. The largest absolute Gasteiger partial charge is 0.310 e. The van der Waals surface area contributed by atoms with Crippen molar-refractivity contribution in [1.82, 2.24) is 9.38 Å². The summed E-state index contributed by atoms with van der Waals surface area (Å²) in [5.41, 5.74) is 3.73. The second kappa shape index (κ2) is 7.96. The molecule has 2 aromatic heterocycles. The van der Waals surface area contributed by atoms with Crippen molar-refractivity contribution in [3.8, 4) is 11.3 Å². The van der Waals surface area contributed by atoms with Gasteiger partial charge < -0.3 is 5.32 Å². The minimum absolute atomic E-state index is 0.00223. The van der Waals surface area contributed by atoms with Crippen LogP contribution in [0.5, 0.6) is 0 Å². The molecule has 1 aromatic carbocycles. The van der Waals surface area contributed by atoms with Crippen LogP contribution in [0.25, 0.3) is 16.9 Å². The van der Waals surface area contributed by atoms with E-state index in [0.29, 0.717) is 23.2 Å². The van der Waals surface area contributed by atoms with Gasteiger partial charge in [-0.05, 0) is 54.5 Å². The third-order valence-electron chi connectivity index (χ3n) is 4.63. The summed E-state index contributed by atoms with van der Waals surface area (Å²) < 4.78 is 1.93. The van der Waals surface area contributed by atoms with Crippen LogP contribution >= 0.6 is 11.6 Å². The number of imidazole rings is 1. The Labute approximate surface area is 171 Å². The minimum atomic E-state index is 0.00223. The van der Waals surface area contributed by atoms with Crippen molar-refractivity contribution in [3.05, 3.63) is 53.2 Å². The topological polar surface area (TPSA) is 46.4 Å². The van der Waals surface area contributed by atoms with Gasteiger partial charge in [0, 0.05) is 23.2 Å². The summed E-state index contributed by atoms with van der Waals surface area (Å²) in [7, 11) is 0. The van der Waals surface area contributed by atoms with E-state index >= 15 is 0 Å². The number of hydrogen-bond donors (Lipinski definition) is 1. The van der Waals surface area contributed by atoms with Crippen molar-refractivity contribution in [3.63, 3.8) is 0 Å². The average Bonchev–Trinajstić information content (AvgIpc) is 2.90. The monoisotopic (exact) mass is 397 g/mol. The summed E-state index contributed by atoms with van der Waals surface area (Å²) in [6.07, 6.45) is 3.42. The van der Waals surface area contributed by atoms with E-state index in [1.807, 2.05) is 53.9 Å². The number of nitrogens with zero attached hydrogens (tertiary/aromatic N) is 2. The van der Waals surface area contributed by atoms with E-state index in [0.717, 1.165) is 28.9 Å². The highest BCUT2D eigenvalue weighted by atomic mass is 35.5. The number of fused-ring (bicyclic) bond motifs is 1. The Bertz CT molecular complexity index is 1000. The molecule has 0 fully saturated rings. The maximum absolute atomic E-state index is 12.8. The van der Waals surface area contributed by atoms with Crippen LogP contribution in [0.2, 0.25) is 5.02 Å². The Morgan fingerprint density at radius 1 is 1.25 bits per heavy atom. The molecule has 148 valence electrons. The van der Waals surface area contributed by atoms with Crippen molar-refractivity contribution in [2.45, 2.75) is 47.5 Å². The zero-order chi connectivity index (χ0) is 20.5. The number of anilines is 1. The number of carbonyl (C=O) groups excluding carboxylic acids is 1. The lowest BCUT2D eigenvalue weighted by Gasteiger charge is -2.22. The molecular formula is C23H28ClN3O. The number of aromatic nitrogens is 2. The Hall–Kier alpha value is -2.33. The van der Waals surface area contributed by atoms with Gasteiger partial charge in [0.05, 0.1) is 0 Å². The first kappa shape index (κ1) is 20.4. The van der Waals surface area contributed by atoms with Gasteiger partial charge in [0.25, 0.3) is 0 Å². The first-order valence-corrected chi connectivity index (χ1v) is 10.0. The van der Waals surface area contributed by atoms with E-state index in [-0.39, 0.29) is 11.3 Å². The Morgan fingerprint density at radius 2 is 2.00 bits per heavy atom. The molecule has 3 rings (SSSR count). The smallest absolute Gasteiger partial charge is 0.225 e. The molecule has 0 aliphatic heterocycles. The summed E-state index contributed by atoms with van der Waals surface area (Å²) in [6.45, 7) is 10.8. The van der Waals surface area contributed by atoms with Gasteiger partial charge in [0.2, 0.25) is 5.91 Å². The molecule has 28 heavy (non-hydrogen) atoms. The number of benzene rings is 1. The number of aryl methyl sites for hydroxylation is 1. The van der Waals surface area contributed by atoms with Gasteiger partial charge >= 0.3 is 0 Å². The van der Waals surface area contributed by atoms with Gasteiger partial charge in [-0.3, -0.25) is 9.20 Å². The Kier molecular flexibility index (Phi) is 5.80. The van der Waals surface area contributed by atoms with E-state index in [4.69, 9.17) is 16.6 Å². The standard InChI is InChI=1S/C23H28ClN3O/c1-15-9-10-27-19(11-15)25-21(17-7-6-8-18(24)13-17)22(27)26-20(28)12-16(2)14-23(3,4)5/h6-11,13,16H,12,14H2,1-5H3,(H,26,28)/t16-/m0/s1. The van der Waals surface area contributed by atoms with Crippen molar-refractivity contribution in [2.24, 2.45) is 11.3 Å². The molecule has 4 nitrogen and oxygen atoms in total. The molecule has 0 bridgehead atoms. The third-order valence-corrected chi connectivity index (χ3v) is 4.87. The summed E-state index contributed by atoms with van der Waals surface area (Å²) in [4.78, 5) is 17.6. The summed E-state index contributed by atoms with van der Waals surface area (Å²) in [5, 5.41) is 3.75. The second-order valence-corrected chi connectivity index (χ2v) is 9.31. The quantitative estimate of drug-likeness (QED) is 0.544. The maximum atomic E-state index is 12.8. The number of pyridine rings is 1. The average molecular weight is 398 g/mol. The molecule has 1 N–H and O–H groups in total. The molecule has 5 heteroatoms. The van der Waals surface area contributed by atoms with E-state index in [9.17, 15) is 4.79 Å². The molecule has 2 heterocycles. The number of halogens is 1. The minimum Gasteiger partial charge on any atom is -0.310 e. The molecule has 0 radical (unpaired) electrons. The molecule has 0 spiro atoms. The van der Waals surface area contributed by atoms with E-state index in [1.165, 1.54) is 0 Å². The molecule has 0 saturated carbocycles. The normalized spacial score (nSPS) is 12.9. The first-order valence-electron chi connectivity index (χ1n) is 9.67. The lowest BCUT2D eigenvalue weighted by Crippen LogP contribution is -2.19. The highest BCUT2D eigenvalue weighted by Crippen LogP contribution is 2.31. The van der Waals surface area contributed by atoms with Gasteiger partial charge in [-0.1, -0.05) is 51.4 Å². The first-order chi connectivity index (χ1) is 13.1. The van der Waals surface area contributed by atoms with E-state index in [2.05, 4.69) is 33.0 Å². The Morgan fingerprint density at radius 3 is 2.68 bits per heavy atom. The van der Waals surface area contributed by atoms with Crippen molar-refractivity contribution in [1.29, 1.82) is 0 Å². The van der Waals surface area contributed by atoms with Crippen LogP contribution in [0, 0.1) is 18.3 Å². The molecular weight excluding hydrogens is 370 g/mol. The van der Waals surface area contributed by atoms with Crippen LogP contribution in [0.3, 0.4) is 0 Å². The van der Waals surface area contributed by atoms with Crippen molar-refractivity contribution in [2.75, 3.05) is 5.32 Å². The lowest BCUT2D eigenvalue weighted by atomic mass is 9.84. The number of carbonyl (C=O) groups is 1. The fourth-order valence-electron chi connectivity index (χ4n) is 3.72. The van der Waals surface area contributed by atoms with Crippen LogP contribution in [-0.2, 0) is 4.79 Å². The van der Waals surface area contributed by atoms with Crippen LogP contribution < -0.4 is 5.32 Å². The van der Waals surface area contributed by atoms with Gasteiger partial charge in [-0.2, -0.15) is 0 Å². The zero-order valence-corrected chi connectivity index (χ0v) is 18.0.